The minimum Gasteiger partial charge on any atom is -0.465 e. The predicted octanol–water partition coefficient (Wildman–Crippen LogP) is 5.27. The Balaban J connectivity index is 1.58. The van der Waals surface area contributed by atoms with E-state index in [0.29, 0.717) is 24.2 Å². The smallest absolute Gasteiger partial charge is 0.339 e. The van der Waals surface area contributed by atoms with Crippen LogP contribution in [0.5, 0.6) is 0 Å². The fourth-order valence-corrected chi connectivity index (χ4v) is 4.55. The summed E-state index contributed by atoms with van der Waals surface area (Å²) in [5.74, 6) is -0.935. The second-order valence-electron chi connectivity index (χ2n) is 7.90. The van der Waals surface area contributed by atoms with Gasteiger partial charge in [0.15, 0.2) is 0 Å². The topological polar surface area (TPSA) is 74.4 Å². The van der Waals surface area contributed by atoms with E-state index in [1.807, 2.05) is 24.3 Å². The number of urea groups is 1. The van der Waals surface area contributed by atoms with Crippen LogP contribution in [0.3, 0.4) is 0 Å². The average Bonchev–Trinajstić information content (AvgIpc) is 3.22. The van der Waals surface area contributed by atoms with Gasteiger partial charge in [-0.05, 0) is 36.2 Å². The molecule has 1 atom stereocenters. The number of anilines is 1. The highest BCUT2D eigenvalue weighted by Crippen LogP contribution is 2.39. The van der Waals surface area contributed by atoms with Crippen LogP contribution < -0.4 is 5.32 Å². The Labute approximate surface area is 190 Å². The van der Waals surface area contributed by atoms with Crippen LogP contribution in [0.4, 0.5) is 14.9 Å². The molecule has 0 aliphatic carbocycles. The number of fused-ring (bicyclic) bond motifs is 3. The monoisotopic (exact) mass is 443 g/mol. The van der Waals surface area contributed by atoms with Gasteiger partial charge in [-0.3, -0.25) is 0 Å². The lowest BCUT2D eigenvalue weighted by molar-refractivity contribution is 0.0602. The lowest BCUT2D eigenvalue weighted by Gasteiger charge is -2.36. The Morgan fingerprint density at radius 3 is 2.58 bits per heavy atom. The molecule has 1 aliphatic heterocycles. The molecular weight excluding hydrogens is 421 g/mol. The maximum Gasteiger partial charge on any atom is 0.339 e. The van der Waals surface area contributed by atoms with E-state index >= 15 is 0 Å². The second-order valence-corrected chi connectivity index (χ2v) is 7.90. The van der Waals surface area contributed by atoms with Crippen molar-refractivity contribution < 1.29 is 18.7 Å². The van der Waals surface area contributed by atoms with E-state index in [1.165, 1.54) is 13.2 Å². The van der Waals surface area contributed by atoms with E-state index in [0.717, 1.165) is 22.2 Å². The van der Waals surface area contributed by atoms with Crippen molar-refractivity contribution in [3.63, 3.8) is 0 Å². The summed E-state index contributed by atoms with van der Waals surface area (Å²) in [6.45, 7) is 0.389. The van der Waals surface area contributed by atoms with Crippen molar-refractivity contribution in [3.05, 3.63) is 101 Å². The minimum absolute atomic E-state index is 0.249. The van der Waals surface area contributed by atoms with Crippen LogP contribution in [-0.4, -0.2) is 35.5 Å². The minimum atomic E-state index is -0.646. The van der Waals surface area contributed by atoms with Gasteiger partial charge in [0.25, 0.3) is 0 Å². The number of para-hydroxylation sites is 2. The molecule has 4 aromatic rings. The van der Waals surface area contributed by atoms with Gasteiger partial charge >= 0.3 is 12.0 Å². The summed E-state index contributed by atoms with van der Waals surface area (Å²) >= 11 is 0. The van der Waals surface area contributed by atoms with Gasteiger partial charge in [0.2, 0.25) is 0 Å². The molecule has 0 spiro atoms. The van der Waals surface area contributed by atoms with Crippen molar-refractivity contribution in [1.82, 2.24) is 9.88 Å². The first kappa shape index (κ1) is 20.8. The van der Waals surface area contributed by atoms with Crippen LogP contribution in [0.1, 0.15) is 33.2 Å². The molecule has 0 radical (unpaired) electrons. The summed E-state index contributed by atoms with van der Waals surface area (Å²) in [7, 11) is 1.29. The third-order valence-electron chi connectivity index (χ3n) is 6.07. The van der Waals surface area contributed by atoms with Gasteiger partial charge in [-0.25, -0.2) is 14.0 Å². The van der Waals surface area contributed by atoms with Crippen molar-refractivity contribution in [3.8, 4) is 0 Å². The normalized spacial score (nSPS) is 15.2. The van der Waals surface area contributed by atoms with Crippen LogP contribution in [-0.2, 0) is 11.2 Å². The lowest BCUT2D eigenvalue weighted by Crippen LogP contribution is -2.43. The van der Waals surface area contributed by atoms with Crippen molar-refractivity contribution in [2.75, 3.05) is 19.0 Å². The first-order valence-electron chi connectivity index (χ1n) is 10.7. The predicted molar refractivity (Wildman–Crippen MR) is 124 cm³/mol. The van der Waals surface area contributed by atoms with Crippen molar-refractivity contribution >= 4 is 28.6 Å². The van der Waals surface area contributed by atoms with Gasteiger partial charge in [-0.1, -0.05) is 48.5 Å². The fraction of sp³-hybridized carbons (Fsp3) is 0.154. The summed E-state index contributed by atoms with van der Waals surface area (Å²) in [5.41, 5.74) is 3.81. The number of nitrogens with zero attached hydrogens (tertiary/aromatic N) is 1. The zero-order chi connectivity index (χ0) is 22.9. The number of halogens is 1. The fourth-order valence-electron chi connectivity index (χ4n) is 4.55. The van der Waals surface area contributed by atoms with Crippen LogP contribution in [0, 0.1) is 5.82 Å². The number of methoxy groups -OCH3 is 1. The van der Waals surface area contributed by atoms with E-state index in [4.69, 9.17) is 4.74 Å². The molecule has 3 aromatic carbocycles. The molecule has 2 amide bonds. The van der Waals surface area contributed by atoms with Crippen molar-refractivity contribution in [1.29, 1.82) is 0 Å². The second kappa shape index (κ2) is 8.43. The number of carbonyl (C=O) groups excluding carboxylic acids is 2. The summed E-state index contributed by atoms with van der Waals surface area (Å²) in [6, 6.07) is 20.0. The average molecular weight is 443 g/mol. The highest BCUT2D eigenvalue weighted by molar-refractivity contribution is 6.01. The Kier molecular flexibility index (Phi) is 5.30. The molecule has 0 bridgehead atoms. The van der Waals surface area contributed by atoms with Crippen LogP contribution in [0.25, 0.3) is 10.9 Å². The molecule has 0 unspecified atom stereocenters. The van der Waals surface area contributed by atoms with Gasteiger partial charge in [0.1, 0.15) is 11.9 Å². The van der Waals surface area contributed by atoms with Crippen molar-refractivity contribution in [2.24, 2.45) is 0 Å². The maximum absolute atomic E-state index is 15.0. The molecule has 1 aliphatic rings. The largest absolute Gasteiger partial charge is 0.465 e. The Hall–Kier alpha value is -4.13. The molecule has 6 nitrogen and oxygen atoms in total. The highest BCUT2D eigenvalue weighted by atomic mass is 19.1. The molecule has 2 N–H and O–H groups in total. The maximum atomic E-state index is 15.0. The zero-order valence-electron chi connectivity index (χ0n) is 18.0. The standard InChI is InChI=1S/C26H22FN3O3/c1-33-25(31)19-10-4-7-13-22(19)29-26(32)30-15-14-17-16-8-3-6-12-21(16)28-23(17)24(30)18-9-2-5-11-20(18)27/h2-13,24,28H,14-15H2,1H3,(H,29,32)/t24-/m0/s1. The molecular formula is C26H22FN3O3. The Morgan fingerprint density at radius 2 is 1.76 bits per heavy atom. The molecule has 5 rings (SSSR count). The summed E-state index contributed by atoms with van der Waals surface area (Å²) in [4.78, 5) is 30.6. The van der Waals surface area contributed by atoms with E-state index < -0.39 is 18.0 Å². The van der Waals surface area contributed by atoms with Crippen LogP contribution in [0.15, 0.2) is 72.8 Å². The van der Waals surface area contributed by atoms with E-state index in [1.54, 1.807) is 47.4 Å². The lowest BCUT2D eigenvalue weighted by atomic mass is 9.92. The highest BCUT2D eigenvalue weighted by Gasteiger charge is 2.36. The number of hydrogen-bond acceptors (Lipinski definition) is 3. The molecule has 0 fully saturated rings. The van der Waals surface area contributed by atoms with Gasteiger partial charge in [-0.15, -0.1) is 0 Å². The first-order chi connectivity index (χ1) is 16.1. The number of hydrogen-bond donors (Lipinski definition) is 2. The summed E-state index contributed by atoms with van der Waals surface area (Å²) in [5, 5.41) is 3.90. The summed E-state index contributed by atoms with van der Waals surface area (Å²) < 4.78 is 19.8. The third-order valence-corrected chi connectivity index (χ3v) is 6.07. The molecule has 2 heterocycles. The Bertz CT molecular complexity index is 1360. The number of nitrogens with one attached hydrogen (secondary N) is 2. The number of esters is 1. The number of ether oxygens (including phenoxy) is 1. The quantitative estimate of drug-likeness (QED) is 0.424. The number of aromatic amines is 1. The van der Waals surface area contributed by atoms with Crippen molar-refractivity contribution in [2.45, 2.75) is 12.5 Å². The molecule has 33 heavy (non-hydrogen) atoms. The van der Waals surface area contributed by atoms with Crippen LogP contribution >= 0.6 is 0 Å². The van der Waals surface area contributed by atoms with E-state index in [-0.39, 0.29) is 11.4 Å². The number of benzene rings is 3. The number of rotatable bonds is 3. The number of carbonyl (C=O) groups is 2. The molecule has 1 aromatic heterocycles. The molecule has 166 valence electrons. The van der Waals surface area contributed by atoms with Gasteiger partial charge in [0.05, 0.1) is 18.4 Å². The molecule has 7 heteroatoms. The SMILES string of the molecule is COC(=O)c1ccccc1NC(=O)N1CCc2c([nH]c3ccccc23)[C@@H]1c1ccccc1F. The molecule has 0 saturated carbocycles. The summed E-state index contributed by atoms with van der Waals surface area (Å²) in [6.07, 6.45) is 0.621. The molecule has 0 saturated heterocycles. The Morgan fingerprint density at radius 1 is 1.03 bits per heavy atom. The van der Waals surface area contributed by atoms with Crippen LogP contribution in [0.2, 0.25) is 0 Å². The zero-order valence-corrected chi connectivity index (χ0v) is 18.0. The van der Waals surface area contributed by atoms with E-state index in [2.05, 4.69) is 10.3 Å². The number of aromatic nitrogens is 1. The van der Waals surface area contributed by atoms with Gasteiger partial charge in [-0.2, -0.15) is 0 Å². The van der Waals surface area contributed by atoms with E-state index in [9.17, 15) is 14.0 Å². The first-order valence-corrected chi connectivity index (χ1v) is 10.7. The van der Waals surface area contributed by atoms with Gasteiger partial charge < -0.3 is 19.9 Å². The van der Waals surface area contributed by atoms with Gasteiger partial charge in [0, 0.05) is 28.7 Å². The third kappa shape index (κ3) is 3.61. The number of amides is 2. The number of H-pyrrole nitrogens is 1.